The Morgan fingerprint density at radius 3 is 3.12 bits per heavy atom. The van der Waals surface area contributed by atoms with E-state index in [0.29, 0.717) is 17.1 Å². The first-order valence-electron chi connectivity index (χ1n) is 5.35. The van der Waals surface area contributed by atoms with Gasteiger partial charge in [-0.1, -0.05) is 0 Å². The fourth-order valence-corrected chi connectivity index (χ4v) is 2.20. The summed E-state index contributed by atoms with van der Waals surface area (Å²) in [5.41, 5.74) is 2.48. The maximum atomic E-state index is 11.6. The monoisotopic (exact) mass is 228 g/mol. The Morgan fingerprint density at radius 2 is 2.18 bits per heavy atom. The smallest absolute Gasteiger partial charge is 0.266 e. The molecule has 1 aromatic rings. The number of hydrogen-bond donors (Lipinski definition) is 0. The first-order chi connectivity index (χ1) is 8.31. The van der Waals surface area contributed by atoms with Crippen LogP contribution in [0.4, 0.5) is 0 Å². The Morgan fingerprint density at radius 1 is 1.24 bits per heavy atom. The molecule has 0 amide bonds. The third-order valence-corrected chi connectivity index (χ3v) is 3.06. The Bertz CT molecular complexity index is 598. The van der Waals surface area contributed by atoms with E-state index in [4.69, 9.17) is 14.2 Å². The zero-order valence-corrected chi connectivity index (χ0v) is 8.80. The van der Waals surface area contributed by atoms with Crippen molar-refractivity contribution < 1.29 is 19.0 Å². The van der Waals surface area contributed by atoms with Gasteiger partial charge < -0.3 is 14.2 Å². The molecule has 0 N–H and O–H groups in total. The van der Waals surface area contributed by atoms with Gasteiger partial charge in [-0.3, -0.25) is 4.79 Å². The molecule has 0 aromatic heterocycles. The van der Waals surface area contributed by atoms with Crippen molar-refractivity contribution >= 4 is 11.9 Å². The summed E-state index contributed by atoms with van der Waals surface area (Å²) in [7, 11) is 0. The molecule has 0 bridgehead atoms. The lowest BCUT2D eigenvalue weighted by Crippen LogP contribution is -2.20. The summed E-state index contributed by atoms with van der Waals surface area (Å²) in [6.45, 7) is 0.120. The number of carbonyl (C=O) groups excluding carboxylic acids is 1. The van der Waals surface area contributed by atoms with E-state index in [2.05, 4.69) is 0 Å². The molecule has 4 heteroatoms. The van der Waals surface area contributed by atoms with E-state index in [9.17, 15) is 4.79 Å². The minimum Gasteiger partial charge on any atom is -0.485 e. The standard InChI is InChI=1S/C13H8O4/c14-10-6-16-12-5-11-8(4-9(10)12)3-7-1-2-15-13(7)17-11/h1-5,13H,6H2. The zero-order chi connectivity index (χ0) is 11.4. The molecule has 4 nitrogen and oxygen atoms in total. The highest BCUT2D eigenvalue weighted by molar-refractivity contribution is 6.03. The van der Waals surface area contributed by atoms with Crippen LogP contribution in [0, 0.1) is 0 Å². The molecule has 84 valence electrons. The van der Waals surface area contributed by atoms with Crippen LogP contribution in [0.2, 0.25) is 0 Å². The Labute approximate surface area is 97.1 Å². The molecule has 3 aliphatic rings. The Kier molecular flexibility index (Phi) is 1.52. The first kappa shape index (κ1) is 8.87. The highest BCUT2D eigenvalue weighted by Gasteiger charge is 2.29. The molecule has 1 atom stereocenters. The van der Waals surface area contributed by atoms with E-state index in [-0.39, 0.29) is 18.7 Å². The molecule has 0 aliphatic carbocycles. The van der Waals surface area contributed by atoms with Gasteiger partial charge in [0.2, 0.25) is 5.78 Å². The molecular weight excluding hydrogens is 220 g/mol. The molecule has 3 aliphatic heterocycles. The molecule has 3 heterocycles. The highest BCUT2D eigenvalue weighted by atomic mass is 16.7. The van der Waals surface area contributed by atoms with Gasteiger partial charge in [-0.25, -0.2) is 0 Å². The normalized spacial score (nSPS) is 22.9. The lowest BCUT2D eigenvalue weighted by molar-refractivity contribution is 0.0134. The van der Waals surface area contributed by atoms with Crippen molar-refractivity contribution in [2.75, 3.05) is 6.61 Å². The average molecular weight is 228 g/mol. The summed E-state index contributed by atoms with van der Waals surface area (Å²) in [5.74, 6) is 1.30. The number of Topliss-reactive ketones (excluding diaryl/α,β-unsaturated/α-hetero) is 1. The summed E-state index contributed by atoms with van der Waals surface area (Å²) < 4.78 is 16.2. The number of rotatable bonds is 0. The van der Waals surface area contributed by atoms with E-state index in [1.807, 2.05) is 18.2 Å². The number of hydrogen-bond acceptors (Lipinski definition) is 4. The van der Waals surface area contributed by atoms with E-state index in [1.54, 1.807) is 12.3 Å². The van der Waals surface area contributed by atoms with Crippen LogP contribution < -0.4 is 9.47 Å². The van der Waals surface area contributed by atoms with Crippen LogP contribution in [-0.2, 0) is 4.74 Å². The highest BCUT2D eigenvalue weighted by Crippen LogP contribution is 2.39. The molecule has 0 fully saturated rings. The SMILES string of the molecule is O=C1COc2cc3c(cc21)C=C1C=COC1O3. The molecule has 0 spiro atoms. The minimum atomic E-state index is -0.363. The number of fused-ring (bicyclic) bond motifs is 3. The molecular formula is C13H8O4. The van der Waals surface area contributed by atoms with Gasteiger partial charge in [0, 0.05) is 17.2 Å². The number of ketones is 1. The van der Waals surface area contributed by atoms with Crippen LogP contribution in [0.3, 0.4) is 0 Å². The lowest BCUT2D eigenvalue weighted by atomic mass is 10.0. The molecule has 0 saturated carbocycles. The topological polar surface area (TPSA) is 44.8 Å². The van der Waals surface area contributed by atoms with E-state index < -0.39 is 0 Å². The molecule has 0 radical (unpaired) electrons. The number of carbonyl (C=O) groups is 1. The molecule has 0 saturated heterocycles. The third kappa shape index (κ3) is 1.15. The van der Waals surface area contributed by atoms with Gasteiger partial charge in [-0.15, -0.1) is 0 Å². The van der Waals surface area contributed by atoms with E-state index >= 15 is 0 Å². The summed E-state index contributed by atoms with van der Waals surface area (Å²) in [6, 6.07) is 3.57. The molecule has 4 rings (SSSR count). The van der Waals surface area contributed by atoms with Crippen LogP contribution >= 0.6 is 0 Å². The quantitative estimate of drug-likeness (QED) is 0.680. The lowest BCUT2D eigenvalue weighted by Gasteiger charge is -2.21. The minimum absolute atomic E-state index is 0.0153. The zero-order valence-electron chi connectivity index (χ0n) is 8.80. The predicted octanol–water partition coefficient (Wildman–Crippen LogP) is 1.91. The van der Waals surface area contributed by atoms with Crippen LogP contribution in [0.15, 0.2) is 30.0 Å². The van der Waals surface area contributed by atoms with Crippen molar-refractivity contribution in [3.8, 4) is 11.5 Å². The number of ether oxygens (including phenoxy) is 3. The van der Waals surface area contributed by atoms with Crippen LogP contribution in [-0.4, -0.2) is 18.7 Å². The summed E-state index contributed by atoms with van der Waals surface area (Å²) in [5, 5.41) is 0. The molecule has 1 aromatic carbocycles. The van der Waals surface area contributed by atoms with Crippen molar-refractivity contribution in [3.63, 3.8) is 0 Å². The maximum Gasteiger partial charge on any atom is 0.266 e. The van der Waals surface area contributed by atoms with E-state index in [1.165, 1.54) is 0 Å². The van der Waals surface area contributed by atoms with Crippen molar-refractivity contribution in [1.29, 1.82) is 0 Å². The molecule has 17 heavy (non-hydrogen) atoms. The van der Waals surface area contributed by atoms with Gasteiger partial charge in [0.15, 0.2) is 6.61 Å². The van der Waals surface area contributed by atoms with Gasteiger partial charge in [-0.05, 0) is 18.2 Å². The summed E-state index contributed by atoms with van der Waals surface area (Å²) >= 11 is 0. The van der Waals surface area contributed by atoms with Crippen LogP contribution in [0.5, 0.6) is 11.5 Å². The second-order valence-electron chi connectivity index (χ2n) is 4.13. The second-order valence-corrected chi connectivity index (χ2v) is 4.13. The fourth-order valence-electron chi connectivity index (χ4n) is 2.20. The summed E-state index contributed by atoms with van der Waals surface area (Å²) in [6.07, 6.45) is 5.08. The first-order valence-corrected chi connectivity index (χ1v) is 5.35. The fraction of sp³-hybridized carbons (Fsp3) is 0.154. The van der Waals surface area contributed by atoms with Crippen molar-refractivity contribution in [3.05, 3.63) is 41.2 Å². The third-order valence-electron chi connectivity index (χ3n) is 3.06. The van der Waals surface area contributed by atoms with Gasteiger partial charge >= 0.3 is 0 Å². The summed E-state index contributed by atoms with van der Waals surface area (Å²) in [4.78, 5) is 11.6. The maximum absolute atomic E-state index is 11.6. The Balaban J connectivity index is 1.90. The van der Waals surface area contributed by atoms with Crippen molar-refractivity contribution in [1.82, 2.24) is 0 Å². The van der Waals surface area contributed by atoms with Crippen LogP contribution in [0.25, 0.3) is 6.08 Å². The number of benzene rings is 1. The average Bonchev–Trinajstić information content (AvgIpc) is 2.91. The van der Waals surface area contributed by atoms with Gasteiger partial charge in [0.1, 0.15) is 11.5 Å². The van der Waals surface area contributed by atoms with Gasteiger partial charge in [0.25, 0.3) is 6.29 Å². The van der Waals surface area contributed by atoms with E-state index in [0.717, 1.165) is 11.1 Å². The second kappa shape index (κ2) is 2.91. The largest absolute Gasteiger partial charge is 0.485 e. The van der Waals surface area contributed by atoms with Crippen LogP contribution in [0.1, 0.15) is 15.9 Å². The molecule has 1 unspecified atom stereocenters. The van der Waals surface area contributed by atoms with Gasteiger partial charge in [0.05, 0.1) is 11.8 Å². The van der Waals surface area contributed by atoms with Crippen molar-refractivity contribution in [2.45, 2.75) is 6.29 Å². The predicted molar refractivity (Wildman–Crippen MR) is 58.9 cm³/mol. The Hall–Kier alpha value is -2.23. The van der Waals surface area contributed by atoms with Gasteiger partial charge in [-0.2, -0.15) is 0 Å². The van der Waals surface area contributed by atoms with Crippen molar-refractivity contribution in [2.24, 2.45) is 0 Å².